The van der Waals surface area contributed by atoms with Gasteiger partial charge in [-0.2, -0.15) is 0 Å². The third kappa shape index (κ3) is 3.33. The average molecular weight is 245 g/mol. The molecule has 1 aliphatic rings. The smallest absolute Gasteiger partial charge is 0.450 e. The van der Waals surface area contributed by atoms with Crippen LogP contribution < -0.4 is 0 Å². The van der Waals surface area contributed by atoms with Crippen LogP contribution in [-0.2, 0) is 19.0 Å². The van der Waals surface area contributed by atoms with E-state index in [9.17, 15) is 14.4 Å². The first-order chi connectivity index (χ1) is 8.10. The number of likely N-dealkylation sites (tertiary alicyclic amines) is 1. The van der Waals surface area contributed by atoms with Crippen LogP contribution in [0.3, 0.4) is 0 Å². The highest BCUT2D eigenvalue weighted by atomic mass is 16.7. The molecule has 1 unspecified atom stereocenters. The molecule has 0 saturated carbocycles. The molecule has 1 fully saturated rings. The molecule has 0 bridgehead atoms. The minimum Gasteiger partial charge on any atom is -0.450 e. The van der Waals surface area contributed by atoms with Crippen LogP contribution in [0.2, 0.25) is 0 Å². The van der Waals surface area contributed by atoms with Crippen molar-refractivity contribution < 1.29 is 28.6 Å². The van der Waals surface area contributed by atoms with Crippen molar-refractivity contribution in [3.8, 4) is 0 Å². The number of rotatable bonds is 3. The first-order valence-electron chi connectivity index (χ1n) is 5.39. The van der Waals surface area contributed by atoms with Gasteiger partial charge in [-0.15, -0.1) is 0 Å². The Bertz CT molecular complexity index is 316. The lowest BCUT2D eigenvalue weighted by Gasteiger charge is -2.21. The maximum atomic E-state index is 11.5. The zero-order valence-corrected chi connectivity index (χ0v) is 9.80. The molecule has 0 aromatic carbocycles. The zero-order chi connectivity index (χ0) is 12.8. The summed E-state index contributed by atoms with van der Waals surface area (Å²) in [7, 11) is 0. The fourth-order valence-electron chi connectivity index (χ4n) is 1.41. The number of amides is 1. The predicted octanol–water partition coefficient (Wildman–Crippen LogP) is 0.917. The van der Waals surface area contributed by atoms with Crippen molar-refractivity contribution in [2.75, 3.05) is 19.8 Å². The van der Waals surface area contributed by atoms with Crippen molar-refractivity contribution in [2.45, 2.75) is 26.5 Å². The topological polar surface area (TPSA) is 82.1 Å². The van der Waals surface area contributed by atoms with Crippen LogP contribution in [0.4, 0.5) is 9.59 Å². The zero-order valence-electron chi connectivity index (χ0n) is 9.80. The largest absolute Gasteiger partial charge is 0.510 e. The van der Waals surface area contributed by atoms with Crippen molar-refractivity contribution >= 4 is 18.0 Å². The minimum absolute atomic E-state index is 0.138. The van der Waals surface area contributed by atoms with Crippen LogP contribution in [0.25, 0.3) is 0 Å². The molecule has 7 nitrogen and oxygen atoms in total. The van der Waals surface area contributed by atoms with E-state index in [-0.39, 0.29) is 32.0 Å². The van der Waals surface area contributed by atoms with E-state index < -0.39 is 18.5 Å². The average Bonchev–Trinajstić information content (AvgIpc) is 2.61. The molecule has 1 rings (SSSR count). The summed E-state index contributed by atoms with van der Waals surface area (Å²) in [6.45, 7) is 3.77. The maximum absolute atomic E-state index is 11.5. The van der Waals surface area contributed by atoms with Crippen molar-refractivity contribution in [1.82, 2.24) is 4.90 Å². The van der Waals surface area contributed by atoms with Crippen LogP contribution in [0.1, 0.15) is 20.3 Å². The van der Waals surface area contributed by atoms with E-state index in [1.165, 1.54) is 0 Å². The molecule has 0 spiro atoms. The molecule has 96 valence electrons. The van der Waals surface area contributed by atoms with Crippen LogP contribution in [0.5, 0.6) is 0 Å². The summed E-state index contributed by atoms with van der Waals surface area (Å²) >= 11 is 0. The third-order valence-corrected chi connectivity index (χ3v) is 2.13. The lowest BCUT2D eigenvalue weighted by molar-refractivity contribution is -0.131. The predicted molar refractivity (Wildman–Crippen MR) is 55.2 cm³/mol. The Labute approximate surface area is 98.6 Å². The highest BCUT2D eigenvalue weighted by Crippen LogP contribution is 2.16. The van der Waals surface area contributed by atoms with E-state index in [1.54, 1.807) is 13.8 Å². The lowest BCUT2D eigenvalue weighted by Crippen LogP contribution is -2.41. The molecule has 1 saturated heterocycles. The van der Waals surface area contributed by atoms with E-state index in [2.05, 4.69) is 4.74 Å². The van der Waals surface area contributed by atoms with Crippen LogP contribution >= 0.6 is 0 Å². The van der Waals surface area contributed by atoms with Crippen LogP contribution in [-0.4, -0.2) is 48.9 Å². The molecule has 1 aliphatic heterocycles. The fraction of sp³-hybridized carbons (Fsp3) is 0.700. The van der Waals surface area contributed by atoms with Crippen molar-refractivity contribution in [1.29, 1.82) is 0 Å². The van der Waals surface area contributed by atoms with Gasteiger partial charge in [0.25, 0.3) is 0 Å². The summed E-state index contributed by atoms with van der Waals surface area (Å²) in [5.74, 6) is -0.342. The van der Waals surface area contributed by atoms with Crippen molar-refractivity contribution in [3.05, 3.63) is 0 Å². The van der Waals surface area contributed by atoms with E-state index in [0.717, 1.165) is 4.90 Å². The summed E-state index contributed by atoms with van der Waals surface area (Å²) in [5, 5.41) is 0. The highest BCUT2D eigenvalue weighted by molar-refractivity contribution is 5.90. The number of hydrogen-bond donors (Lipinski definition) is 0. The number of hydrogen-bond acceptors (Lipinski definition) is 6. The SMILES string of the molecule is CCOC(=O)OC1C(=O)CCN1C(=O)OCC. The maximum Gasteiger partial charge on any atom is 0.510 e. The van der Waals surface area contributed by atoms with Gasteiger partial charge in [-0.1, -0.05) is 0 Å². The van der Waals surface area contributed by atoms with Gasteiger partial charge in [0.1, 0.15) is 0 Å². The molecular weight excluding hydrogens is 230 g/mol. The number of ketones is 1. The van der Waals surface area contributed by atoms with E-state index >= 15 is 0 Å². The van der Waals surface area contributed by atoms with E-state index in [1.807, 2.05) is 0 Å². The minimum atomic E-state index is -1.23. The number of nitrogens with zero attached hydrogens (tertiary/aromatic N) is 1. The number of ether oxygens (including phenoxy) is 3. The Morgan fingerprint density at radius 3 is 2.53 bits per heavy atom. The number of carbonyl (C=O) groups excluding carboxylic acids is 3. The van der Waals surface area contributed by atoms with Gasteiger partial charge in [0.05, 0.1) is 13.2 Å². The Hall–Kier alpha value is -1.79. The molecule has 0 aromatic heterocycles. The first-order valence-corrected chi connectivity index (χ1v) is 5.39. The lowest BCUT2D eigenvalue weighted by atomic mass is 10.3. The standard InChI is InChI=1S/C10H15NO6/c1-3-15-9(13)11-6-5-7(12)8(11)17-10(14)16-4-2/h8H,3-6H2,1-2H3. The van der Waals surface area contributed by atoms with Gasteiger partial charge >= 0.3 is 12.2 Å². The van der Waals surface area contributed by atoms with Gasteiger partial charge < -0.3 is 14.2 Å². The third-order valence-electron chi connectivity index (χ3n) is 2.13. The Morgan fingerprint density at radius 1 is 1.29 bits per heavy atom. The molecule has 7 heteroatoms. The normalized spacial score (nSPS) is 19.1. The van der Waals surface area contributed by atoms with Crippen LogP contribution in [0, 0.1) is 0 Å². The molecular formula is C10H15NO6. The van der Waals surface area contributed by atoms with Crippen LogP contribution in [0.15, 0.2) is 0 Å². The van der Waals surface area contributed by atoms with Gasteiger partial charge in [-0.25, -0.2) is 9.59 Å². The molecule has 1 heterocycles. The second-order valence-electron chi connectivity index (χ2n) is 3.26. The first kappa shape index (κ1) is 13.3. The van der Waals surface area contributed by atoms with Gasteiger partial charge in [0, 0.05) is 13.0 Å². The quantitative estimate of drug-likeness (QED) is 0.687. The highest BCUT2D eigenvalue weighted by Gasteiger charge is 2.39. The van der Waals surface area contributed by atoms with Gasteiger partial charge in [-0.05, 0) is 13.8 Å². The molecule has 17 heavy (non-hydrogen) atoms. The Morgan fingerprint density at radius 2 is 1.94 bits per heavy atom. The fourth-order valence-corrected chi connectivity index (χ4v) is 1.41. The van der Waals surface area contributed by atoms with Crippen molar-refractivity contribution in [2.24, 2.45) is 0 Å². The van der Waals surface area contributed by atoms with E-state index in [4.69, 9.17) is 9.47 Å². The van der Waals surface area contributed by atoms with Gasteiger partial charge in [-0.3, -0.25) is 9.69 Å². The second kappa shape index (κ2) is 6.07. The summed E-state index contributed by atoms with van der Waals surface area (Å²) < 4.78 is 14.1. The summed E-state index contributed by atoms with van der Waals surface area (Å²) in [5.41, 5.74) is 0. The monoisotopic (exact) mass is 245 g/mol. The molecule has 0 N–H and O–H groups in total. The van der Waals surface area contributed by atoms with E-state index in [0.29, 0.717) is 0 Å². The Kier molecular flexibility index (Phi) is 4.74. The molecule has 0 aliphatic carbocycles. The summed E-state index contributed by atoms with van der Waals surface area (Å²) in [6, 6.07) is 0. The summed E-state index contributed by atoms with van der Waals surface area (Å²) in [6.07, 6.45) is -2.73. The number of Topliss-reactive ketones (excluding diaryl/α,β-unsaturated/α-hetero) is 1. The molecule has 0 aromatic rings. The second-order valence-corrected chi connectivity index (χ2v) is 3.26. The molecule has 1 amide bonds. The van der Waals surface area contributed by atoms with Gasteiger partial charge in [0.15, 0.2) is 5.78 Å². The van der Waals surface area contributed by atoms with Gasteiger partial charge in [0.2, 0.25) is 6.23 Å². The van der Waals surface area contributed by atoms with Crippen molar-refractivity contribution in [3.63, 3.8) is 0 Å². The Balaban J connectivity index is 2.62. The molecule has 0 radical (unpaired) electrons. The molecule has 1 atom stereocenters. The number of carbonyl (C=O) groups is 3. The summed E-state index contributed by atoms with van der Waals surface area (Å²) in [4.78, 5) is 35.1.